The molecule has 1 aromatic heterocycles. The molecular formula is C13H17N5OS. The summed E-state index contributed by atoms with van der Waals surface area (Å²) in [6.07, 6.45) is 2.00. The van der Waals surface area contributed by atoms with Gasteiger partial charge in [-0.05, 0) is 18.4 Å². The van der Waals surface area contributed by atoms with E-state index in [1.54, 1.807) is 23.7 Å². The third kappa shape index (κ3) is 3.30. The second-order valence-electron chi connectivity index (χ2n) is 4.14. The molecule has 0 aliphatic carbocycles. The van der Waals surface area contributed by atoms with Crippen molar-refractivity contribution in [3.05, 3.63) is 24.3 Å². The van der Waals surface area contributed by atoms with Crippen LogP contribution in [0.5, 0.6) is 11.8 Å². The van der Waals surface area contributed by atoms with Crippen LogP contribution < -0.4 is 15.0 Å². The van der Waals surface area contributed by atoms with Crippen LogP contribution in [0.4, 0.5) is 11.9 Å². The highest BCUT2D eigenvalue weighted by Crippen LogP contribution is 2.30. The second kappa shape index (κ2) is 6.42. The number of benzene rings is 1. The molecule has 20 heavy (non-hydrogen) atoms. The normalized spacial score (nSPS) is 10.2. The van der Waals surface area contributed by atoms with Gasteiger partial charge < -0.3 is 15.0 Å². The number of rotatable bonds is 5. The maximum absolute atomic E-state index is 5.78. The average Bonchev–Trinajstić information content (AvgIpc) is 2.47. The number of thioether (sulfide) groups is 1. The molecule has 2 rings (SSSR count). The lowest BCUT2D eigenvalue weighted by atomic mass is 10.3. The zero-order valence-electron chi connectivity index (χ0n) is 11.9. The number of para-hydroxylation sites is 1. The van der Waals surface area contributed by atoms with Crippen LogP contribution in [-0.4, -0.2) is 42.4 Å². The summed E-state index contributed by atoms with van der Waals surface area (Å²) in [6.45, 7) is 0. The maximum Gasteiger partial charge on any atom is 0.328 e. The Morgan fingerprint density at radius 1 is 1.15 bits per heavy atom. The lowest BCUT2D eigenvalue weighted by Crippen LogP contribution is -2.15. The van der Waals surface area contributed by atoms with Gasteiger partial charge in [-0.15, -0.1) is 11.8 Å². The molecule has 0 amide bonds. The highest BCUT2D eigenvalue weighted by Gasteiger charge is 2.11. The topological polar surface area (TPSA) is 63.2 Å². The van der Waals surface area contributed by atoms with Gasteiger partial charge in [0.05, 0.1) is 0 Å². The Balaban J connectivity index is 2.35. The quantitative estimate of drug-likeness (QED) is 0.849. The van der Waals surface area contributed by atoms with Gasteiger partial charge >= 0.3 is 6.01 Å². The number of aromatic nitrogens is 3. The molecule has 1 aromatic carbocycles. The number of nitrogens with zero attached hydrogens (tertiary/aromatic N) is 4. The molecule has 0 bridgehead atoms. The summed E-state index contributed by atoms with van der Waals surface area (Å²) >= 11 is 1.61. The molecule has 7 heteroatoms. The molecular weight excluding hydrogens is 274 g/mol. The molecule has 0 spiro atoms. The number of nitrogens with one attached hydrogen (secondary N) is 1. The summed E-state index contributed by atoms with van der Waals surface area (Å²) in [5.74, 6) is 1.75. The van der Waals surface area contributed by atoms with Crippen molar-refractivity contribution in [1.82, 2.24) is 15.0 Å². The van der Waals surface area contributed by atoms with Crippen LogP contribution >= 0.6 is 11.8 Å². The molecule has 106 valence electrons. The lowest BCUT2D eigenvalue weighted by Gasteiger charge is -2.13. The highest BCUT2D eigenvalue weighted by atomic mass is 32.2. The zero-order chi connectivity index (χ0) is 14.5. The van der Waals surface area contributed by atoms with Crippen LogP contribution in [0.25, 0.3) is 0 Å². The number of anilines is 2. The van der Waals surface area contributed by atoms with E-state index < -0.39 is 0 Å². The lowest BCUT2D eigenvalue weighted by molar-refractivity contribution is 0.431. The second-order valence-corrected chi connectivity index (χ2v) is 4.99. The van der Waals surface area contributed by atoms with Gasteiger partial charge in [-0.25, -0.2) is 0 Å². The van der Waals surface area contributed by atoms with E-state index in [1.165, 1.54) is 0 Å². The number of hydrogen-bond donors (Lipinski definition) is 1. The Morgan fingerprint density at radius 2 is 1.90 bits per heavy atom. The maximum atomic E-state index is 5.78. The first kappa shape index (κ1) is 14.4. The van der Waals surface area contributed by atoms with Gasteiger partial charge in [0.2, 0.25) is 11.9 Å². The summed E-state index contributed by atoms with van der Waals surface area (Å²) in [6, 6.07) is 8.05. The van der Waals surface area contributed by atoms with Crippen LogP contribution in [-0.2, 0) is 0 Å². The molecule has 0 saturated heterocycles. The third-order valence-electron chi connectivity index (χ3n) is 2.50. The van der Waals surface area contributed by atoms with E-state index in [1.807, 2.05) is 44.6 Å². The van der Waals surface area contributed by atoms with Gasteiger partial charge in [0.1, 0.15) is 5.75 Å². The van der Waals surface area contributed by atoms with Gasteiger partial charge in [0, 0.05) is 26.0 Å². The van der Waals surface area contributed by atoms with Crippen molar-refractivity contribution in [2.24, 2.45) is 0 Å². The Bertz CT molecular complexity index is 591. The van der Waals surface area contributed by atoms with E-state index in [0.29, 0.717) is 11.9 Å². The monoisotopic (exact) mass is 291 g/mol. The molecule has 1 N–H and O–H groups in total. The van der Waals surface area contributed by atoms with E-state index >= 15 is 0 Å². The fourth-order valence-electron chi connectivity index (χ4n) is 1.50. The third-order valence-corrected chi connectivity index (χ3v) is 3.27. The summed E-state index contributed by atoms with van der Waals surface area (Å²) in [5, 5.41) is 2.90. The number of hydrogen-bond acceptors (Lipinski definition) is 7. The van der Waals surface area contributed by atoms with Crippen LogP contribution in [0.2, 0.25) is 0 Å². The van der Waals surface area contributed by atoms with Crippen molar-refractivity contribution < 1.29 is 4.74 Å². The van der Waals surface area contributed by atoms with E-state index in [-0.39, 0.29) is 6.01 Å². The molecule has 0 unspecified atom stereocenters. The molecule has 6 nitrogen and oxygen atoms in total. The zero-order valence-corrected chi connectivity index (χ0v) is 12.7. The first-order valence-corrected chi connectivity index (χ1v) is 7.28. The fraction of sp³-hybridized carbons (Fsp3) is 0.308. The molecule has 1 heterocycles. The largest absolute Gasteiger partial charge is 0.423 e. The standard InChI is InChI=1S/C13H17N5OS/c1-14-11-15-12(18(2)3)17-13(16-11)19-9-7-5-6-8-10(9)20-4/h5-8H,1-4H3,(H,14,15,16,17). The predicted molar refractivity (Wildman–Crippen MR) is 82.0 cm³/mol. The first-order chi connectivity index (χ1) is 9.63. The Labute approximate surface area is 122 Å². The molecule has 0 radical (unpaired) electrons. The van der Waals surface area contributed by atoms with E-state index in [2.05, 4.69) is 20.3 Å². The van der Waals surface area contributed by atoms with Crippen LogP contribution in [0, 0.1) is 0 Å². The van der Waals surface area contributed by atoms with Crippen molar-refractivity contribution >= 4 is 23.7 Å². The van der Waals surface area contributed by atoms with Gasteiger partial charge in [0.15, 0.2) is 0 Å². The molecule has 2 aromatic rings. The Kier molecular flexibility index (Phi) is 4.62. The molecule has 0 saturated carbocycles. The molecule has 0 fully saturated rings. The van der Waals surface area contributed by atoms with E-state index in [9.17, 15) is 0 Å². The predicted octanol–water partition coefficient (Wildman–Crippen LogP) is 2.49. The highest BCUT2D eigenvalue weighted by molar-refractivity contribution is 7.98. The van der Waals surface area contributed by atoms with E-state index in [4.69, 9.17) is 4.74 Å². The minimum Gasteiger partial charge on any atom is -0.423 e. The fourth-order valence-corrected chi connectivity index (χ4v) is 2.03. The number of ether oxygens (including phenoxy) is 1. The Morgan fingerprint density at radius 3 is 2.55 bits per heavy atom. The first-order valence-electron chi connectivity index (χ1n) is 6.06. The summed E-state index contributed by atoms with van der Waals surface area (Å²) in [4.78, 5) is 15.6. The van der Waals surface area contributed by atoms with Gasteiger partial charge in [-0.3, -0.25) is 0 Å². The van der Waals surface area contributed by atoms with Crippen molar-refractivity contribution in [3.8, 4) is 11.8 Å². The van der Waals surface area contributed by atoms with Crippen molar-refractivity contribution in [2.75, 3.05) is 37.6 Å². The average molecular weight is 291 g/mol. The minimum atomic E-state index is 0.273. The summed E-state index contributed by atoms with van der Waals surface area (Å²) < 4.78 is 5.78. The van der Waals surface area contributed by atoms with E-state index in [0.717, 1.165) is 10.6 Å². The van der Waals surface area contributed by atoms with Crippen LogP contribution in [0.15, 0.2) is 29.2 Å². The van der Waals surface area contributed by atoms with Crippen LogP contribution in [0.3, 0.4) is 0 Å². The van der Waals surface area contributed by atoms with Crippen molar-refractivity contribution in [1.29, 1.82) is 0 Å². The van der Waals surface area contributed by atoms with Crippen LogP contribution in [0.1, 0.15) is 0 Å². The molecule has 0 aliphatic heterocycles. The molecule has 0 aliphatic rings. The SMILES string of the molecule is CNc1nc(Oc2ccccc2SC)nc(N(C)C)n1. The van der Waals surface area contributed by atoms with Gasteiger partial charge in [0.25, 0.3) is 0 Å². The molecule has 0 atom stereocenters. The smallest absolute Gasteiger partial charge is 0.328 e. The van der Waals surface area contributed by atoms with Gasteiger partial charge in [-0.2, -0.15) is 15.0 Å². The van der Waals surface area contributed by atoms with Gasteiger partial charge in [-0.1, -0.05) is 12.1 Å². The summed E-state index contributed by atoms with van der Waals surface area (Å²) in [7, 11) is 5.50. The Hall–Kier alpha value is -2.02. The van der Waals surface area contributed by atoms with Crippen molar-refractivity contribution in [3.63, 3.8) is 0 Å². The minimum absolute atomic E-state index is 0.273. The van der Waals surface area contributed by atoms with Crippen molar-refractivity contribution in [2.45, 2.75) is 4.90 Å². The summed E-state index contributed by atoms with van der Waals surface area (Å²) in [5.41, 5.74) is 0.